The predicted octanol–water partition coefficient (Wildman–Crippen LogP) is 0.893. The van der Waals surface area contributed by atoms with E-state index in [2.05, 4.69) is 20.1 Å². The van der Waals surface area contributed by atoms with Gasteiger partial charge in [-0.05, 0) is 18.2 Å². The summed E-state index contributed by atoms with van der Waals surface area (Å²) in [6.45, 7) is 0. The van der Waals surface area contributed by atoms with Gasteiger partial charge in [0.05, 0.1) is 12.8 Å². The number of aromatic carboxylic acids is 1. The van der Waals surface area contributed by atoms with Gasteiger partial charge in [0.15, 0.2) is 5.69 Å². The summed E-state index contributed by atoms with van der Waals surface area (Å²) in [6, 6.07) is 5.00. The maximum Gasteiger partial charge on any atom is 0.354 e. The number of carbonyl (C=O) groups is 1. The van der Waals surface area contributed by atoms with Crippen LogP contribution in [0.2, 0.25) is 0 Å². The zero-order valence-electron chi connectivity index (χ0n) is 10.4. The van der Waals surface area contributed by atoms with Crippen LogP contribution in [0, 0.1) is 0 Å². The van der Waals surface area contributed by atoms with Crippen LogP contribution in [0.15, 0.2) is 30.6 Å². The molecule has 0 amide bonds. The average Bonchev–Trinajstić information content (AvgIpc) is 2.89. The molecule has 3 aromatic heterocycles. The van der Waals surface area contributed by atoms with Gasteiger partial charge in [-0.3, -0.25) is 4.98 Å². The number of methoxy groups -OCH3 is 1. The normalized spacial score (nSPS) is 10.7. The number of carboxylic acid groups (broad SMARTS) is 1. The number of ether oxygens (including phenoxy) is 1. The van der Waals surface area contributed by atoms with Crippen molar-refractivity contribution in [1.82, 2.24) is 24.6 Å². The van der Waals surface area contributed by atoms with E-state index in [0.717, 1.165) is 4.52 Å². The topological polar surface area (TPSA) is 102 Å². The molecule has 100 valence electrons. The molecule has 0 aliphatic heterocycles. The molecule has 0 saturated carbocycles. The van der Waals surface area contributed by atoms with E-state index in [-0.39, 0.29) is 17.5 Å². The Balaban J connectivity index is 2.27. The highest BCUT2D eigenvalue weighted by molar-refractivity contribution is 5.87. The largest absolute Gasteiger partial charge is 0.477 e. The quantitative estimate of drug-likeness (QED) is 0.754. The van der Waals surface area contributed by atoms with Gasteiger partial charge in [-0.15, -0.1) is 5.10 Å². The second-order valence-electron chi connectivity index (χ2n) is 3.88. The summed E-state index contributed by atoms with van der Waals surface area (Å²) in [6.07, 6.45) is 3.22. The van der Waals surface area contributed by atoms with Crippen LogP contribution >= 0.6 is 0 Å². The molecule has 20 heavy (non-hydrogen) atoms. The summed E-state index contributed by atoms with van der Waals surface area (Å²) in [5, 5.41) is 13.2. The van der Waals surface area contributed by atoms with E-state index < -0.39 is 5.97 Å². The summed E-state index contributed by atoms with van der Waals surface area (Å²) in [5.74, 6) is -0.976. The minimum atomic E-state index is -1.13. The molecule has 8 nitrogen and oxygen atoms in total. The van der Waals surface area contributed by atoms with Gasteiger partial charge < -0.3 is 9.84 Å². The molecular weight excluding hydrogens is 262 g/mol. The average molecular weight is 271 g/mol. The fourth-order valence-corrected chi connectivity index (χ4v) is 1.75. The van der Waals surface area contributed by atoms with E-state index >= 15 is 0 Å². The van der Waals surface area contributed by atoms with Crippen LogP contribution in [-0.4, -0.2) is 42.8 Å². The number of rotatable bonds is 3. The van der Waals surface area contributed by atoms with Gasteiger partial charge in [-0.2, -0.15) is 9.50 Å². The first kappa shape index (κ1) is 12.0. The van der Waals surface area contributed by atoms with Gasteiger partial charge in [-0.25, -0.2) is 9.78 Å². The van der Waals surface area contributed by atoms with Crippen LogP contribution in [0.4, 0.5) is 0 Å². The van der Waals surface area contributed by atoms with Crippen LogP contribution in [0.1, 0.15) is 10.5 Å². The number of hydrogen-bond acceptors (Lipinski definition) is 6. The van der Waals surface area contributed by atoms with Crippen molar-refractivity contribution in [1.29, 1.82) is 0 Å². The SMILES string of the molecule is COc1nc2nc(-c3cccnc3)cc(C(=O)O)n2n1. The van der Waals surface area contributed by atoms with Gasteiger partial charge in [0.2, 0.25) is 0 Å². The highest BCUT2D eigenvalue weighted by Crippen LogP contribution is 2.19. The first-order valence-corrected chi connectivity index (χ1v) is 5.64. The molecule has 0 fully saturated rings. The van der Waals surface area contributed by atoms with Crippen LogP contribution in [0.3, 0.4) is 0 Å². The van der Waals surface area contributed by atoms with Gasteiger partial charge in [0.1, 0.15) is 0 Å². The Hall–Kier alpha value is -3.03. The van der Waals surface area contributed by atoms with Gasteiger partial charge in [0.25, 0.3) is 5.78 Å². The number of aromatic nitrogens is 5. The van der Waals surface area contributed by atoms with Crippen LogP contribution in [-0.2, 0) is 0 Å². The molecule has 0 spiro atoms. The Kier molecular flexibility index (Phi) is 2.75. The van der Waals surface area contributed by atoms with Crippen LogP contribution < -0.4 is 4.74 Å². The number of carboxylic acids is 1. The third-order valence-corrected chi connectivity index (χ3v) is 2.65. The van der Waals surface area contributed by atoms with E-state index in [1.165, 1.54) is 13.2 Å². The Morgan fingerprint density at radius 1 is 1.40 bits per heavy atom. The highest BCUT2D eigenvalue weighted by Gasteiger charge is 2.16. The zero-order valence-corrected chi connectivity index (χ0v) is 10.4. The van der Waals surface area contributed by atoms with Crippen LogP contribution in [0.25, 0.3) is 17.0 Å². The Bertz CT molecular complexity index is 784. The van der Waals surface area contributed by atoms with Crippen molar-refractivity contribution in [2.45, 2.75) is 0 Å². The molecule has 0 atom stereocenters. The molecule has 0 saturated heterocycles. The fraction of sp³-hybridized carbons (Fsp3) is 0.0833. The number of hydrogen-bond donors (Lipinski definition) is 1. The van der Waals surface area contributed by atoms with Crippen molar-refractivity contribution in [2.75, 3.05) is 7.11 Å². The van der Waals surface area contributed by atoms with E-state index in [1.54, 1.807) is 24.5 Å². The van der Waals surface area contributed by atoms with Crippen molar-refractivity contribution >= 4 is 11.7 Å². The first-order valence-electron chi connectivity index (χ1n) is 5.64. The first-order chi connectivity index (χ1) is 9.69. The predicted molar refractivity (Wildman–Crippen MR) is 67.5 cm³/mol. The van der Waals surface area contributed by atoms with E-state index in [4.69, 9.17) is 4.74 Å². The summed E-state index contributed by atoms with van der Waals surface area (Å²) in [7, 11) is 1.40. The monoisotopic (exact) mass is 271 g/mol. The Labute approximate surface area is 112 Å². The highest BCUT2D eigenvalue weighted by atomic mass is 16.5. The van der Waals surface area contributed by atoms with Crippen molar-refractivity contribution in [3.63, 3.8) is 0 Å². The molecule has 0 aliphatic carbocycles. The number of fused-ring (bicyclic) bond motifs is 1. The van der Waals surface area contributed by atoms with Crippen molar-refractivity contribution in [3.8, 4) is 17.3 Å². The second-order valence-corrected chi connectivity index (χ2v) is 3.88. The third kappa shape index (κ3) is 1.92. The lowest BCUT2D eigenvalue weighted by molar-refractivity contribution is 0.0687. The minimum absolute atomic E-state index is 0.0512. The summed E-state index contributed by atoms with van der Waals surface area (Å²) < 4.78 is 6.02. The molecule has 3 aromatic rings. The standard InChI is InChI=1S/C12H9N5O3/c1-20-12-15-11-14-8(7-3-2-4-13-6-7)5-9(10(18)19)17(11)16-12/h2-6H,1H3,(H,18,19). The second kappa shape index (κ2) is 4.57. The molecule has 0 aromatic carbocycles. The lowest BCUT2D eigenvalue weighted by atomic mass is 10.2. The molecule has 0 radical (unpaired) electrons. The third-order valence-electron chi connectivity index (χ3n) is 2.65. The number of pyridine rings is 1. The van der Waals surface area contributed by atoms with E-state index in [0.29, 0.717) is 11.3 Å². The maximum atomic E-state index is 11.3. The molecular formula is C12H9N5O3. The molecule has 8 heteroatoms. The molecule has 0 aliphatic rings. The summed E-state index contributed by atoms with van der Waals surface area (Å²) in [4.78, 5) is 23.6. The van der Waals surface area contributed by atoms with Crippen molar-refractivity contribution < 1.29 is 14.6 Å². The number of nitrogens with zero attached hydrogens (tertiary/aromatic N) is 5. The van der Waals surface area contributed by atoms with Crippen molar-refractivity contribution in [2.24, 2.45) is 0 Å². The Morgan fingerprint density at radius 3 is 2.90 bits per heavy atom. The van der Waals surface area contributed by atoms with E-state index in [1.807, 2.05) is 0 Å². The molecule has 3 heterocycles. The lowest BCUT2D eigenvalue weighted by Gasteiger charge is -2.03. The molecule has 0 bridgehead atoms. The lowest BCUT2D eigenvalue weighted by Crippen LogP contribution is -2.08. The van der Waals surface area contributed by atoms with Gasteiger partial charge >= 0.3 is 12.0 Å². The zero-order chi connectivity index (χ0) is 14.1. The van der Waals surface area contributed by atoms with E-state index in [9.17, 15) is 9.90 Å². The maximum absolute atomic E-state index is 11.3. The van der Waals surface area contributed by atoms with Gasteiger partial charge in [0, 0.05) is 18.0 Å². The van der Waals surface area contributed by atoms with Gasteiger partial charge in [-0.1, -0.05) is 0 Å². The molecule has 0 unspecified atom stereocenters. The summed E-state index contributed by atoms with van der Waals surface area (Å²) >= 11 is 0. The van der Waals surface area contributed by atoms with Crippen LogP contribution in [0.5, 0.6) is 6.01 Å². The Morgan fingerprint density at radius 2 is 2.25 bits per heavy atom. The fourth-order valence-electron chi connectivity index (χ4n) is 1.75. The minimum Gasteiger partial charge on any atom is -0.477 e. The van der Waals surface area contributed by atoms with Crippen molar-refractivity contribution in [3.05, 3.63) is 36.3 Å². The smallest absolute Gasteiger partial charge is 0.354 e. The molecule has 1 N–H and O–H groups in total. The summed E-state index contributed by atoms with van der Waals surface area (Å²) in [5.41, 5.74) is 1.10. The molecule has 3 rings (SSSR count).